The van der Waals surface area contributed by atoms with Gasteiger partial charge in [-0.05, 0) is 61.0 Å². The van der Waals surface area contributed by atoms with E-state index in [9.17, 15) is 9.59 Å². The largest absolute Gasteiger partial charge is 0.352 e. The quantitative estimate of drug-likeness (QED) is 0.476. The molecule has 1 amide bonds. The Balaban J connectivity index is 1.67. The van der Waals surface area contributed by atoms with Crippen molar-refractivity contribution in [1.82, 2.24) is 15.2 Å². The lowest BCUT2D eigenvalue weighted by Crippen LogP contribution is -2.31. The second kappa shape index (κ2) is 11.2. The first-order valence-corrected chi connectivity index (χ1v) is 11.4. The van der Waals surface area contributed by atoms with Crippen LogP contribution in [0, 0.1) is 6.92 Å². The summed E-state index contributed by atoms with van der Waals surface area (Å²) in [6, 6.07) is 17.5. The van der Waals surface area contributed by atoms with E-state index in [0.29, 0.717) is 29.6 Å². The number of amides is 1. The van der Waals surface area contributed by atoms with Gasteiger partial charge in [-0.1, -0.05) is 35.9 Å². The lowest BCUT2D eigenvalue weighted by atomic mass is 10.1. The fraction of sp³-hybridized carbons (Fsp3) is 0.250. The van der Waals surface area contributed by atoms with E-state index in [1.807, 2.05) is 68.6 Å². The van der Waals surface area contributed by atoms with Crippen LogP contribution in [-0.2, 0) is 30.2 Å². The van der Waals surface area contributed by atoms with E-state index in [2.05, 4.69) is 10.6 Å². The summed E-state index contributed by atoms with van der Waals surface area (Å²) in [5.74, 6) is 0.303. The van der Waals surface area contributed by atoms with Crippen molar-refractivity contribution in [3.63, 3.8) is 0 Å². The van der Waals surface area contributed by atoms with Crippen molar-refractivity contribution in [2.45, 2.75) is 37.2 Å². The van der Waals surface area contributed by atoms with Crippen LogP contribution in [0.3, 0.4) is 0 Å². The molecule has 3 rings (SSSR count). The highest BCUT2D eigenvalue weighted by molar-refractivity contribution is 7.98. The van der Waals surface area contributed by atoms with E-state index in [0.717, 1.165) is 21.6 Å². The minimum Gasteiger partial charge on any atom is -0.352 e. The van der Waals surface area contributed by atoms with E-state index in [1.165, 1.54) is 0 Å². The molecular formula is C24H26ClN3O2S. The molecular weight excluding hydrogens is 430 g/mol. The molecule has 0 aliphatic carbocycles. The summed E-state index contributed by atoms with van der Waals surface area (Å²) < 4.78 is 1.65. The van der Waals surface area contributed by atoms with Gasteiger partial charge in [0.05, 0.1) is 12.3 Å². The maximum Gasteiger partial charge on any atom is 0.255 e. The number of carbonyl (C=O) groups excluding carboxylic acids is 1. The highest BCUT2D eigenvalue weighted by Gasteiger charge is 2.13. The topological polar surface area (TPSA) is 63.1 Å². The number of hydrogen-bond donors (Lipinski definition) is 2. The number of nitrogens with one attached hydrogen (secondary N) is 2. The number of pyridine rings is 1. The molecule has 0 aliphatic heterocycles. The van der Waals surface area contributed by atoms with Gasteiger partial charge in [-0.25, -0.2) is 0 Å². The second-order valence-corrected chi connectivity index (χ2v) is 8.69. The number of halogens is 1. The summed E-state index contributed by atoms with van der Waals surface area (Å²) >= 11 is 7.70. The average Bonchev–Trinajstić information content (AvgIpc) is 2.77. The number of thioether (sulfide) groups is 1. The van der Waals surface area contributed by atoms with Crippen LogP contribution in [-0.4, -0.2) is 17.5 Å². The molecule has 31 heavy (non-hydrogen) atoms. The molecule has 0 aliphatic rings. The number of hydrogen-bond acceptors (Lipinski definition) is 4. The number of rotatable bonds is 9. The summed E-state index contributed by atoms with van der Waals surface area (Å²) in [6.45, 7) is 2.91. The number of benzene rings is 2. The molecule has 0 atom stereocenters. The standard InChI is InChI=1S/C24H26ClN3O2S/c1-17-10-11-28(16-31-21-6-4-3-5-7-21)24(30)22(17)13-23(29)27-15-19-12-20(25)9-8-18(19)14-26-2/h3-12,26H,13-16H2,1-2H3,(H,27,29). The van der Waals surface area contributed by atoms with Gasteiger partial charge in [-0.3, -0.25) is 9.59 Å². The van der Waals surface area contributed by atoms with Gasteiger partial charge < -0.3 is 15.2 Å². The summed E-state index contributed by atoms with van der Waals surface area (Å²) in [5, 5.41) is 6.67. The van der Waals surface area contributed by atoms with Crippen LogP contribution in [0.4, 0.5) is 0 Å². The Morgan fingerprint density at radius 3 is 2.58 bits per heavy atom. The maximum atomic E-state index is 12.9. The van der Waals surface area contributed by atoms with E-state index in [1.54, 1.807) is 22.5 Å². The second-order valence-electron chi connectivity index (χ2n) is 7.24. The molecule has 162 valence electrons. The van der Waals surface area contributed by atoms with Gasteiger partial charge in [-0.15, -0.1) is 11.8 Å². The molecule has 0 unspecified atom stereocenters. The third kappa shape index (κ3) is 6.47. The molecule has 5 nitrogen and oxygen atoms in total. The van der Waals surface area contributed by atoms with E-state index >= 15 is 0 Å². The molecule has 3 aromatic rings. The smallest absolute Gasteiger partial charge is 0.255 e. The minimum absolute atomic E-state index is 0.0451. The highest BCUT2D eigenvalue weighted by atomic mass is 35.5. The first-order valence-electron chi connectivity index (χ1n) is 10.0. The Kier molecular flexibility index (Phi) is 8.35. The van der Waals surface area contributed by atoms with Crippen LogP contribution in [0.1, 0.15) is 22.3 Å². The summed E-state index contributed by atoms with van der Waals surface area (Å²) in [6.07, 6.45) is 1.83. The van der Waals surface area contributed by atoms with Crippen LogP contribution in [0.25, 0.3) is 0 Å². The molecule has 0 saturated heterocycles. The Labute approximate surface area is 191 Å². The highest BCUT2D eigenvalue weighted by Crippen LogP contribution is 2.19. The Morgan fingerprint density at radius 1 is 1.06 bits per heavy atom. The SMILES string of the molecule is CNCc1ccc(Cl)cc1CNC(=O)Cc1c(C)ccn(CSc2ccccc2)c1=O. The molecule has 1 heterocycles. The molecule has 2 N–H and O–H groups in total. The van der Waals surface area contributed by atoms with Crippen LogP contribution in [0.5, 0.6) is 0 Å². The molecule has 0 spiro atoms. The van der Waals surface area contributed by atoms with Crippen LogP contribution in [0.15, 0.2) is 70.5 Å². The summed E-state index contributed by atoms with van der Waals surface area (Å²) in [5.41, 5.74) is 3.24. The Hall–Kier alpha value is -2.54. The van der Waals surface area contributed by atoms with E-state index in [-0.39, 0.29) is 17.9 Å². The zero-order chi connectivity index (χ0) is 22.2. The third-order valence-electron chi connectivity index (χ3n) is 4.96. The summed E-state index contributed by atoms with van der Waals surface area (Å²) in [7, 11) is 1.87. The molecule has 0 bridgehead atoms. The zero-order valence-corrected chi connectivity index (χ0v) is 19.2. The number of nitrogens with zero attached hydrogens (tertiary/aromatic N) is 1. The van der Waals surface area contributed by atoms with Crippen molar-refractivity contribution in [3.8, 4) is 0 Å². The van der Waals surface area contributed by atoms with Crippen LogP contribution in [0.2, 0.25) is 5.02 Å². The molecule has 2 aromatic carbocycles. The van der Waals surface area contributed by atoms with Crippen molar-refractivity contribution in [3.05, 3.63) is 98.4 Å². The Bertz CT molecular complexity index is 1100. The zero-order valence-electron chi connectivity index (χ0n) is 17.7. The maximum absolute atomic E-state index is 12.9. The van der Waals surface area contributed by atoms with Gasteiger partial charge in [0, 0.05) is 34.8 Å². The molecule has 0 saturated carbocycles. The molecule has 0 fully saturated rings. The third-order valence-corrected chi connectivity index (χ3v) is 6.21. The molecule has 1 aromatic heterocycles. The fourth-order valence-corrected chi connectivity index (χ4v) is 4.26. The predicted octanol–water partition coefficient (Wildman–Crippen LogP) is 4.14. The van der Waals surface area contributed by atoms with Crippen molar-refractivity contribution >= 4 is 29.3 Å². The van der Waals surface area contributed by atoms with Gasteiger partial charge >= 0.3 is 0 Å². The predicted molar refractivity (Wildman–Crippen MR) is 128 cm³/mol. The van der Waals surface area contributed by atoms with E-state index < -0.39 is 0 Å². The Morgan fingerprint density at radius 2 is 1.84 bits per heavy atom. The lowest BCUT2D eigenvalue weighted by Gasteiger charge is -2.13. The number of aryl methyl sites for hydroxylation is 1. The van der Waals surface area contributed by atoms with Crippen LogP contribution < -0.4 is 16.2 Å². The van der Waals surface area contributed by atoms with Gasteiger partial charge in [0.15, 0.2) is 0 Å². The first kappa shape index (κ1) is 23.1. The fourth-order valence-electron chi connectivity index (χ4n) is 3.23. The van der Waals surface area contributed by atoms with Crippen LogP contribution >= 0.6 is 23.4 Å². The van der Waals surface area contributed by atoms with Gasteiger partial charge in [-0.2, -0.15) is 0 Å². The van der Waals surface area contributed by atoms with Crippen molar-refractivity contribution in [2.24, 2.45) is 0 Å². The minimum atomic E-state index is -0.191. The van der Waals surface area contributed by atoms with Crippen molar-refractivity contribution in [1.29, 1.82) is 0 Å². The number of aromatic nitrogens is 1. The monoisotopic (exact) mass is 455 g/mol. The summed E-state index contributed by atoms with van der Waals surface area (Å²) in [4.78, 5) is 26.7. The van der Waals surface area contributed by atoms with Crippen molar-refractivity contribution < 1.29 is 4.79 Å². The van der Waals surface area contributed by atoms with Gasteiger partial charge in [0.1, 0.15) is 0 Å². The van der Waals surface area contributed by atoms with E-state index in [4.69, 9.17) is 11.6 Å². The van der Waals surface area contributed by atoms with Gasteiger partial charge in [0.25, 0.3) is 5.56 Å². The van der Waals surface area contributed by atoms with Gasteiger partial charge in [0.2, 0.25) is 5.91 Å². The number of carbonyl (C=O) groups is 1. The molecule has 0 radical (unpaired) electrons. The average molecular weight is 456 g/mol. The lowest BCUT2D eigenvalue weighted by molar-refractivity contribution is -0.120. The first-order chi connectivity index (χ1) is 15.0. The van der Waals surface area contributed by atoms with Crippen molar-refractivity contribution in [2.75, 3.05) is 7.05 Å². The normalized spacial score (nSPS) is 10.8. The molecule has 7 heteroatoms.